The monoisotopic (exact) mass is 289 g/mol. The zero-order valence-corrected chi connectivity index (χ0v) is 12.4. The third kappa shape index (κ3) is 3.64. The first-order valence-electron chi connectivity index (χ1n) is 7.32. The number of aryl methyl sites for hydroxylation is 2. The van der Waals surface area contributed by atoms with Gasteiger partial charge in [0.15, 0.2) is 0 Å². The van der Waals surface area contributed by atoms with E-state index in [9.17, 15) is 4.39 Å². The topological polar surface area (TPSA) is 34.4 Å². The fourth-order valence-corrected chi connectivity index (χ4v) is 2.25. The van der Waals surface area contributed by atoms with E-state index in [0.29, 0.717) is 18.4 Å². The highest BCUT2D eigenvalue weighted by Gasteiger charge is 2.21. The van der Waals surface area contributed by atoms with Gasteiger partial charge in [-0.15, -0.1) is 0 Å². The van der Waals surface area contributed by atoms with Gasteiger partial charge < -0.3 is 14.5 Å². The van der Waals surface area contributed by atoms with E-state index in [2.05, 4.69) is 5.32 Å². The number of furan rings is 1. The smallest absolute Gasteiger partial charge is 0.146 e. The number of benzene rings is 1. The molecule has 0 aliphatic heterocycles. The average molecular weight is 289 g/mol. The molecule has 1 heterocycles. The number of rotatable bonds is 6. The highest BCUT2D eigenvalue weighted by molar-refractivity contribution is 5.33. The van der Waals surface area contributed by atoms with Crippen LogP contribution in [0, 0.1) is 19.7 Å². The van der Waals surface area contributed by atoms with Crippen LogP contribution in [0.15, 0.2) is 28.7 Å². The van der Waals surface area contributed by atoms with E-state index >= 15 is 0 Å². The zero-order valence-electron chi connectivity index (χ0n) is 12.4. The quantitative estimate of drug-likeness (QED) is 0.876. The highest BCUT2D eigenvalue weighted by Crippen LogP contribution is 2.23. The van der Waals surface area contributed by atoms with Crippen LogP contribution in [0.5, 0.6) is 5.75 Å². The molecule has 1 saturated carbocycles. The van der Waals surface area contributed by atoms with Crippen molar-refractivity contribution in [1.82, 2.24) is 5.32 Å². The molecule has 0 saturated heterocycles. The van der Waals surface area contributed by atoms with Crippen molar-refractivity contribution in [3.63, 3.8) is 0 Å². The van der Waals surface area contributed by atoms with Crippen molar-refractivity contribution in [2.24, 2.45) is 0 Å². The highest BCUT2D eigenvalue weighted by atomic mass is 19.1. The van der Waals surface area contributed by atoms with Gasteiger partial charge in [-0.25, -0.2) is 4.39 Å². The predicted molar refractivity (Wildman–Crippen MR) is 78.8 cm³/mol. The summed E-state index contributed by atoms with van der Waals surface area (Å²) in [5, 5.41) is 3.47. The number of nitrogens with one attached hydrogen (secondary N) is 1. The lowest BCUT2D eigenvalue weighted by molar-refractivity contribution is 0.265. The molecule has 1 aromatic carbocycles. The minimum Gasteiger partial charge on any atom is -0.485 e. The van der Waals surface area contributed by atoms with E-state index in [0.717, 1.165) is 29.2 Å². The molecule has 3 nitrogen and oxygen atoms in total. The van der Waals surface area contributed by atoms with Gasteiger partial charge in [-0.3, -0.25) is 0 Å². The molecule has 1 aliphatic carbocycles. The molecule has 4 heteroatoms. The van der Waals surface area contributed by atoms with E-state index < -0.39 is 0 Å². The molecule has 21 heavy (non-hydrogen) atoms. The number of hydrogen-bond donors (Lipinski definition) is 1. The molecular weight excluding hydrogens is 269 g/mol. The Morgan fingerprint density at radius 2 is 2.10 bits per heavy atom. The van der Waals surface area contributed by atoms with Gasteiger partial charge in [0.2, 0.25) is 0 Å². The van der Waals surface area contributed by atoms with Gasteiger partial charge in [0.05, 0.1) is 0 Å². The predicted octanol–water partition coefficient (Wildman–Crippen LogP) is 3.87. The lowest BCUT2D eigenvalue weighted by atomic mass is 10.2. The van der Waals surface area contributed by atoms with E-state index in [1.807, 2.05) is 19.9 Å². The van der Waals surface area contributed by atoms with E-state index in [4.69, 9.17) is 9.15 Å². The summed E-state index contributed by atoms with van der Waals surface area (Å²) in [4.78, 5) is 0. The van der Waals surface area contributed by atoms with Crippen LogP contribution < -0.4 is 10.1 Å². The molecule has 1 N–H and O–H groups in total. The van der Waals surface area contributed by atoms with Crippen molar-refractivity contribution in [2.45, 2.75) is 45.9 Å². The largest absolute Gasteiger partial charge is 0.485 e. The second-order valence-corrected chi connectivity index (χ2v) is 5.65. The maximum Gasteiger partial charge on any atom is 0.146 e. The van der Waals surface area contributed by atoms with Crippen LogP contribution in [0.1, 0.15) is 35.5 Å². The summed E-state index contributed by atoms with van der Waals surface area (Å²) in [6.45, 7) is 5.00. The summed E-state index contributed by atoms with van der Waals surface area (Å²) in [6, 6.07) is 7.23. The van der Waals surface area contributed by atoms with Crippen LogP contribution in [-0.2, 0) is 13.2 Å². The molecular formula is C17H20FNO2. The van der Waals surface area contributed by atoms with Gasteiger partial charge in [0.1, 0.15) is 29.7 Å². The first-order chi connectivity index (χ1) is 10.1. The molecule has 1 aliphatic rings. The SMILES string of the molecule is Cc1ccc(F)cc1OCc1cc(CNC2CC2)c(C)o1. The van der Waals surface area contributed by atoms with E-state index in [-0.39, 0.29) is 5.82 Å². The average Bonchev–Trinajstić information content (AvgIpc) is 3.21. The Balaban J connectivity index is 1.61. The maximum absolute atomic E-state index is 13.2. The fraction of sp³-hybridized carbons (Fsp3) is 0.412. The molecule has 1 fully saturated rings. The van der Waals surface area contributed by atoms with E-state index in [1.165, 1.54) is 25.0 Å². The molecule has 0 radical (unpaired) electrons. The van der Waals surface area contributed by atoms with Gasteiger partial charge in [0.25, 0.3) is 0 Å². The summed E-state index contributed by atoms with van der Waals surface area (Å²) in [6.07, 6.45) is 2.54. The molecule has 0 spiro atoms. The van der Waals surface area contributed by atoms with Gasteiger partial charge in [-0.05, 0) is 44.4 Å². The van der Waals surface area contributed by atoms with Crippen molar-refractivity contribution in [3.05, 3.63) is 52.7 Å². The number of halogens is 1. The third-order valence-electron chi connectivity index (χ3n) is 3.75. The molecule has 3 rings (SSSR count). The summed E-state index contributed by atoms with van der Waals surface area (Å²) < 4.78 is 24.6. The van der Waals surface area contributed by atoms with Crippen molar-refractivity contribution in [3.8, 4) is 5.75 Å². The van der Waals surface area contributed by atoms with Gasteiger partial charge >= 0.3 is 0 Å². The summed E-state index contributed by atoms with van der Waals surface area (Å²) >= 11 is 0. The van der Waals surface area contributed by atoms with Crippen LogP contribution in [0.4, 0.5) is 4.39 Å². The van der Waals surface area contributed by atoms with Gasteiger partial charge in [-0.2, -0.15) is 0 Å². The second-order valence-electron chi connectivity index (χ2n) is 5.65. The summed E-state index contributed by atoms with van der Waals surface area (Å²) in [5.41, 5.74) is 2.08. The Hall–Kier alpha value is -1.81. The number of ether oxygens (including phenoxy) is 1. The normalized spacial score (nSPS) is 14.4. The minimum absolute atomic E-state index is 0.291. The molecule has 112 valence electrons. The Morgan fingerprint density at radius 1 is 1.29 bits per heavy atom. The summed E-state index contributed by atoms with van der Waals surface area (Å²) in [5.74, 6) is 1.95. The minimum atomic E-state index is -0.291. The van der Waals surface area contributed by atoms with Gasteiger partial charge in [-0.1, -0.05) is 6.07 Å². The Bertz CT molecular complexity index is 632. The molecule has 2 aromatic rings. The Kier molecular flexibility index (Phi) is 3.97. The number of hydrogen-bond acceptors (Lipinski definition) is 3. The Labute approximate surface area is 124 Å². The van der Waals surface area contributed by atoms with Crippen molar-refractivity contribution < 1.29 is 13.5 Å². The fourth-order valence-electron chi connectivity index (χ4n) is 2.25. The Morgan fingerprint density at radius 3 is 2.86 bits per heavy atom. The third-order valence-corrected chi connectivity index (χ3v) is 3.75. The molecule has 1 aromatic heterocycles. The van der Waals surface area contributed by atoms with Crippen LogP contribution in [0.3, 0.4) is 0 Å². The van der Waals surface area contributed by atoms with Crippen LogP contribution in [0.2, 0.25) is 0 Å². The van der Waals surface area contributed by atoms with Crippen molar-refractivity contribution in [1.29, 1.82) is 0 Å². The van der Waals surface area contributed by atoms with Crippen LogP contribution in [-0.4, -0.2) is 6.04 Å². The van der Waals surface area contributed by atoms with Crippen molar-refractivity contribution in [2.75, 3.05) is 0 Å². The molecule has 0 unspecified atom stereocenters. The lowest BCUT2D eigenvalue weighted by Gasteiger charge is -2.07. The first-order valence-corrected chi connectivity index (χ1v) is 7.32. The van der Waals surface area contributed by atoms with Crippen LogP contribution in [0.25, 0.3) is 0 Å². The van der Waals surface area contributed by atoms with Crippen LogP contribution >= 0.6 is 0 Å². The first kappa shape index (κ1) is 14.1. The van der Waals surface area contributed by atoms with Gasteiger partial charge in [0, 0.05) is 24.2 Å². The maximum atomic E-state index is 13.2. The zero-order chi connectivity index (χ0) is 14.8. The molecule has 0 atom stereocenters. The van der Waals surface area contributed by atoms with Crippen molar-refractivity contribution >= 4 is 0 Å². The lowest BCUT2D eigenvalue weighted by Crippen LogP contribution is -2.15. The second kappa shape index (κ2) is 5.90. The van der Waals surface area contributed by atoms with E-state index in [1.54, 1.807) is 6.07 Å². The molecule has 0 bridgehead atoms. The standard InChI is InChI=1S/C17H20FNO2/c1-11-3-4-14(18)8-17(11)20-10-16-7-13(12(2)21-16)9-19-15-5-6-15/h3-4,7-8,15,19H,5-6,9-10H2,1-2H3. The molecule has 0 amide bonds. The summed E-state index contributed by atoms with van der Waals surface area (Å²) in [7, 11) is 0.